The molecule has 1 atom stereocenters. The summed E-state index contributed by atoms with van der Waals surface area (Å²) in [5.41, 5.74) is 1.87. The van der Waals surface area contributed by atoms with Crippen LogP contribution in [-0.4, -0.2) is 44.7 Å². The summed E-state index contributed by atoms with van der Waals surface area (Å²) in [6.07, 6.45) is 1.71. The second-order valence-corrected chi connectivity index (χ2v) is 4.46. The van der Waals surface area contributed by atoms with Gasteiger partial charge in [-0.3, -0.25) is 9.69 Å². The molecule has 1 N–H and O–H groups in total. The first kappa shape index (κ1) is 13.5. The number of nitrogens with zero attached hydrogens (tertiary/aromatic N) is 3. The Bertz CT molecular complexity index is 561. The van der Waals surface area contributed by atoms with Gasteiger partial charge in [-0.15, -0.1) is 0 Å². The number of hydrogen-bond donors (Lipinski definition) is 1. The van der Waals surface area contributed by atoms with Crippen LogP contribution < -0.4 is 0 Å². The molecule has 0 aliphatic heterocycles. The average molecular weight is 261 g/mol. The van der Waals surface area contributed by atoms with E-state index in [1.165, 1.54) is 0 Å². The lowest BCUT2D eigenvalue weighted by Crippen LogP contribution is -2.43. The lowest BCUT2D eigenvalue weighted by molar-refractivity contribution is -0.143. The molecule has 5 heteroatoms. The largest absolute Gasteiger partial charge is 0.480 e. The number of imidazole rings is 1. The van der Waals surface area contributed by atoms with Gasteiger partial charge in [-0.1, -0.05) is 26.0 Å². The van der Waals surface area contributed by atoms with Gasteiger partial charge in [0, 0.05) is 0 Å². The molecule has 19 heavy (non-hydrogen) atoms. The number of carboxylic acids is 1. The molecule has 2 aromatic rings. The maximum Gasteiger partial charge on any atom is 0.322 e. The summed E-state index contributed by atoms with van der Waals surface area (Å²) >= 11 is 0. The average Bonchev–Trinajstić information content (AvgIpc) is 2.82. The normalized spacial score (nSPS) is 13.0. The van der Waals surface area contributed by atoms with Crippen molar-refractivity contribution < 1.29 is 9.90 Å². The van der Waals surface area contributed by atoms with Crippen LogP contribution >= 0.6 is 0 Å². The van der Waals surface area contributed by atoms with Crippen molar-refractivity contribution in [3.8, 4) is 0 Å². The van der Waals surface area contributed by atoms with Crippen molar-refractivity contribution in [2.45, 2.75) is 26.4 Å². The Morgan fingerprint density at radius 3 is 2.68 bits per heavy atom. The van der Waals surface area contributed by atoms with Crippen molar-refractivity contribution >= 4 is 17.0 Å². The van der Waals surface area contributed by atoms with Gasteiger partial charge in [-0.2, -0.15) is 0 Å². The number of fused-ring (bicyclic) bond motifs is 1. The summed E-state index contributed by atoms with van der Waals surface area (Å²) in [5.74, 6) is -0.790. The molecule has 2 rings (SSSR count). The van der Waals surface area contributed by atoms with Crippen molar-refractivity contribution in [2.24, 2.45) is 0 Å². The van der Waals surface area contributed by atoms with E-state index in [0.717, 1.165) is 24.1 Å². The number of benzene rings is 1. The molecule has 0 fully saturated rings. The van der Waals surface area contributed by atoms with E-state index >= 15 is 0 Å². The van der Waals surface area contributed by atoms with Crippen molar-refractivity contribution in [1.29, 1.82) is 0 Å². The van der Waals surface area contributed by atoms with Crippen molar-refractivity contribution in [3.05, 3.63) is 30.6 Å². The molecule has 0 aliphatic rings. The number of para-hydroxylation sites is 2. The standard InChI is InChI=1S/C14H19N3O2/c1-3-16(4-2)13(14(18)19)9-17-10-15-11-7-5-6-8-12(11)17/h5-8,10,13H,3-4,9H2,1-2H3,(H,18,19). The highest BCUT2D eigenvalue weighted by Crippen LogP contribution is 2.14. The highest BCUT2D eigenvalue weighted by molar-refractivity contribution is 5.76. The van der Waals surface area contributed by atoms with E-state index in [1.807, 2.05) is 47.6 Å². The fourth-order valence-electron chi connectivity index (χ4n) is 2.36. The SMILES string of the molecule is CCN(CC)C(Cn1cnc2ccccc21)C(=O)O. The number of carbonyl (C=O) groups is 1. The Balaban J connectivity index is 2.28. The van der Waals surface area contributed by atoms with Gasteiger partial charge in [-0.25, -0.2) is 4.98 Å². The van der Waals surface area contributed by atoms with Gasteiger partial charge >= 0.3 is 5.97 Å². The summed E-state index contributed by atoms with van der Waals surface area (Å²) in [4.78, 5) is 17.7. The predicted molar refractivity (Wildman–Crippen MR) is 74.1 cm³/mol. The van der Waals surface area contributed by atoms with Crippen LogP contribution in [0.5, 0.6) is 0 Å². The molecule has 102 valence electrons. The highest BCUT2D eigenvalue weighted by Gasteiger charge is 2.24. The molecule has 1 aromatic heterocycles. The van der Waals surface area contributed by atoms with Gasteiger partial charge in [0.15, 0.2) is 0 Å². The topological polar surface area (TPSA) is 58.4 Å². The van der Waals surface area contributed by atoms with Crippen molar-refractivity contribution in [2.75, 3.05) is 13.1 Å². The second kappa shape index (κ2) is 5.84. The summed E-state index contributed by atoms with van der Waals surface area (Å²) in [5, 5.41) is 9.40. The van der Waals surface area contributed by atoms with Gasteiger partial charge in [-0.05, 0) is 25.2 Å². The molecule has 0 amide bonds. The van der Waals surface area contributed by atoms with E-state index in [0.29, 0.717) is 6.54 Å². The van der Waals surface area contributed by atoms with Gasteiger partial charge in [0.1, 0.15) is 6.04 Å². The summed E-state index contributed by atoms with van der Waals surface area (Å²) in [6.45, 7) is 5.81. The number of aliphatic carboxylic acids is 1. The zero-order valence-corrected chi connectivity index (χ0v) is 11.3. The zero-order chi connectivity index (χ0) is 13.8. The smallest absolute Gasteiger partial charge is 0.322 e. The van der Waals surface area contributed by atoms with Gasteiger partial charge in [0.2, 0.25) is 0 Å². The van der Waals surface area contributed by atoms with Gasteiger partial charge in [0.05, 0.1) is 23.9 Å². The second-order valence-electron chi connectivity index (χ2n) is 4.46. The number of likely N-dealkylation sites (N-methyl/N-ethyl adjacent to an activating group) is 1. The van der Waals surface area contributed by atoms with E-state index in [2.05, 4.69) is 4.98 Å². The minimum Gasteiger partial charge on any atom is -0.480 e. The molecular formula is C14H19N3O2. The summed E-state index contributed by atoms with van der Waals surface area (Å²) in [6, 6.07) is 7.24. The Hall–Kier alpha value is -1.88. The fraction of sp³-hybridized carbons (Fsp3) is 0.429. The van der Waals surface area contributed by atoms with Crippen molar-refractivity contribution in [3.63, 3.8) is 0 Å². The first-order valence-electron chi connectivity index (χ1n) is 6.54. The lowest BCUT2D eigenvalue weighted by Gasteiger charge is -2.26. The van der Waals surface area contributed by atoms with E-state index in [1.54, 1.807) is 6.33 Å². The molecule has 0 spiro atoms. The molecule has 1 heterocycles. The van der Waals surface area contributed by atoms with Crippen LogP contribution in [0.2, 0.25) is 0 Å². The minimum absolute atomic E-state index is 0.414. The zero-order valence-electron chi connectivity index (χ0n) is 11.3. The lowest BCUT2D eigenvalue weighted by atomic mass is 10.2. The van der Waals surface area contributed by atoms with E-state index in [9.17, 15) is 9.90 Å². The molecule has 0 aliphatic carbocycles. The van der Waals surface area contributed by atoms with E-state index < -0.39 is 12.0 Å². The molecule has 0 bridgehead atoms. The van der Waals surface area contributed by atoms with Crippen LogP contribution in [0.4, 0.5) is 0 Å². The number of rotatable bonds is 6. The fourth-order valence-corrected chi connectivity index (χ4v) is 2.36. The first-order chi connectivity index (χ1) is 9.17. The predicted octanol–water partition coefficient (Wildman–Crippen LogP) is 1.83. The minimum atomic E-state index is -0.790. The molecule has 0 saturated carbocycles. The van der Waals surface area contributed by atoms with E-state index in [4.69, 9.17) is 0 Å². The van der Waals surface area contributed by atoms with Crippen LogP contribution in [0.25, 0.3) is 11.0 Å². The highest BCUT2D eigenvalue weighted by atomic mass is 16.4. The third-order valence-electron chi connectivity index (χ3n) is 3.44. The number of hydrogen-bond acceptors (Lipinski definition) is 3. The summed E-state index contributed by atoms with van der Waals surface area (Å²) in [7, 11) is 0. The third kappa shape index (κ3) is 2.76. The van der Waals surface area contributed by atoms with E-state index in [-0.39, 0.29) is 0 Å². The Kier molecular flexibility index (Phi) is 4.16. The number of carboxylic acid groups (broad SMARTS) is 1. The summed E-state index contributed by atoms with van der Waals surface area (Å²) < 4.78 is 1.91. The molecule has 0 saturated heterocycles. The van der Waals surface area contributed by atoms with Crippen molar-refractivity contribution in [1.82, 2.24) is 14.5 Å². The first-order valence-corrected chi connectivity index (χ1v) is 6.54. The van der Waals surface area contributed by atoms with Gasteiger partial charge < -0.3 is 9.67 Å². The maximum absolute atomic E-state index is 11.4. The van der Waals surface area contributed by atoms with Crippen LogP contribution in [0.3, 0.4) is 0 Å². The van der Waals surface area contributed by atoms with Crippen LogP contribution in [0, 0.1) is 0 Å². The Morgan fingerprint density at radius 1 is 1.37 bits per heavy atom. The van der Waals surface area contributed by atoms with Crippen LogP contribution in [0.1, 0.15) is 13.8 Å². The molecule has 0 radical (unpaired) electrons. The Labute approximate surface area is 112 Å². The maximum atomic E-state index is 11.4. The number of aromatic nitrogens is 2. The molecule has 1 unspecified atom stereocenters. The third-order valence-corrected chi connectivity index (χ3v) is 3.44. The quantitative estimate of drug-likeness (QED) is 0.862. The molecular weight excluding hydrogens is 242 g/mol. The molecule has 1 aromatic carbocycles. The monoisotopic (exact) mass is 261 g/mol. The van der Waals surface area contributed by atoms with Gasteiger partial charge in [0.25, 0.3) is 0 Å². The van der Waals surface area contributed by atoms with Crippen LogP contribution in [0.15, 0.2) is 30.6 Å². The van der Waals surface area contributed by atoms with Crippen LogP contribution in [-0.2, 0) is 11.3 Å². The molecule has 5 nitrogen and oxygen atoms in total. The Morgan fingerprint density at radius 2 is 2.05 bits per heavy atom.